The second-order valence-corrected chi connectivity index (χ2v) is 4.11. The Labute approximate surface area is 78.7 Å². The number of hydrogen-bond donors (Lipinski definition) is 0. The number of nitriles is 1. The third-order valence-electron chi connectivity index (χ3n) is 1.28. The van der Waals surface area contributed by atoms with Crippen molar-refractivity contribution in [1.29, 1.82) is 5.26 Å². The first-order valence-corrected chi connectivity index (χ1v) is 5.65. The minimum atomic E-state index is -3.33. The van der Waals surface area contributed by atoms with Crippen LogP contribution in [0.5, 0.6) is 0 Å². The molecule has 0 aromatic rings. The van der Waals surface area contributed by atoms with Crippen LogP contribution in [0.1, 0.15) is 20.8 Å². The monoisotopic (exact) mass is 203 g/mol. The summed E-state index contributed by atoms with van der Waals surface area (Å²) in [6, 6.07) is 1.81. The molecule has 0 heterocycles. The Morgan fingerprint density at radius 3 is 2.15 bits per heavy atom. The van der Waals surface area contributed by atoms with Crippen molar-refractivity contribution in [3.05, 3.63) is 11.4 Å². The maximum atomic E-state index is 11.8. The van der Waals surface area contributed by atoms with E-state index in [4.69, 9.17) is 14.3 Å². The average molecular weight is 203 g/mol. The van der Waals surface area contributed by atoms with Gasteiger partial charge < -0.3 is 9.05 Å². The van der Waals surface area contributed by atoms with Crippen molar-refractivity contribution in [3.8, 4) is 6.07 Å². The summed E-state index contributed by atoms with van der Waals surface area (Å²) in [4.78, 5) is 0. The molecule has 0 radical (unpaired) electrons. The van der Waals surface area contributed by atoms with Crippen LogP contribution in [-0.2, 0) is 13.6 Å². The molecule has 0 aromatic heterocycles. The smallest absolute Gasteiger partial charge is 0.305 e. The molecule has 0 atom stereocenters. The molecular weight excluding hydrogens is 189 g/mol. The largest absolute Gasteiger partial charge is 0.371 e. The topological polar surface area (TPSA) is 59.3 Å². The molecule has 0 bridgehead atoms. The van der Waals surface area contributed by atoms with Crippen LogP contribution in [0.25, 0.3) is 0 Å². The normalized spacial score (nSPS) is 12.6. The van der Waals surface area contributed by atoms with Gasteiger partial charge in [0.1, 0.15) is 11.4 Å². The second kappa shape index (κ2) is 5.93. The fourth-order valence-electron chi connectivity index (χ4n) is 0.800. The Morgan fingerprint density at radius 1 is 1.46 bits per heavy atom. The van der Waals surface area contributed by atoms with E-state index in [-0.39, 0.29) is 18.5 Å². The molecule has 0 aromatic carbocycles. The van der Waals surface area contributed by atoms with Crippen LogP contribution in [-0.4, -0.2) is 13.2 Å². The molecule has 0 aliphatic rings. The third-order valence-corrected chi connectivity index (χ3v) is 3.43. The molecular formula is C8H14NO3P. The number of hydrogen-bond acceptors (Lipinski definition) is 4. The van der Waals surface area contributed by atoms with E-state index in [9.17, 15) is 4.57 Å². The van der Waals surface area contributed by atoms with Gasteiger partial charge in [-0.1, -0.05) is 6.08 Å². The van der Waals surface area contributed by atoms with Gasteiger partial charge in [-0.15, -0.1) is 0 Å². The van der Waals surface area contributed by atoms with Crippen molar-refractivity contribution in [1.82, 2.24) is 0 Å². The maximum Gasteiger partial charge on any atom is 0.371 e. The zero-order valence-corrected chi connectivity index (χ0v) is 9.01. The van der Waals surface area contributed by atoms with Gasteiger partial charge >= 0.3 is 7.60 Å². The first kappa shape index (κ1) is 12.4. The van der Waals surface area contributed by atoms with Crippen molar-refractivity contribution in [2.45, 2.75) is 20.8 Å². The Balaban J connectivity index is 4.79. The highest BCUT2D eigenvalue weighted by atomic mass is 31.2. The summed E-state index contributed by atoms with van der Waals surface area (Å²) in [6.45, 7) is 5.56. The molecule has 0 N–H and O–H groups in total. The predicted octanol–water partition coefficient (Wildman–Crippen LogP) is 2.68. The molecule has 0 unspecified atom stereocenters. The van der Waals surface area contributed by atoms with Gasteiger partial charge in [0, 0.05) is 0 Å². The predicted molar refractivity (Wildman–Crippen MR) is 50.2 cm³/mol. The summed E-state index contributed by atoms with van der Waals surface area (Å²) in [7, 11) is -3.33. The minimum absolute atomic E-state index is 0.0659. The van der Waals surface area contributed by atoms with Gasteiger partial charge in [-0.05, 0) is 20.8 Å². The van der Waals surface area contributed by atoms with Crippen LogP contribution in [0.15, 0.2) is 11.4 Å². The number of rotatable bonds is 5. The van der Waals surface area contributed by atoms with Crippen LogP contribution in [0.3, 0.4) is 0 Å². The minimum Gasteiger partial charge on any atom is -0.305 e. The third kappa shape index (κ3) is 3.31. The van der Waals surface area contributed by atoms with E-state index >= 15 is 0 Å². The van der Waals surface area contributed by atoms with E-state index < -0.39 is 7.60 Å². The Kier molecular flexibility index (Phi) is 5.65. The van der Waals surface area contributed by atoms with Crippen LogP contribution < -0.4 is 0 Å². The van der Waals surface area contributed by atoms with E-state index in [2.05, 4.69) is 0 Å². The highest BCUT2D eigenvalue weighted by molar-refractivity contribution is 7.58. The average Bonchev–Trinajstić information content (AvgIpc) is 2.07. The molecule has 0 aliphatic heterocycles. The van der Waals surface area contributed by atoms with Gasteiger partial charge in [0.2, 0.25) is 0 Å². The second-order valence-electron chi connectivity index (χ2n) is 2.12. The zero-order chi connectivity index (χ0) is 10.3. The zero-order valence-electron chi connectivity index (χ0n) is 8.11. The van der Waals surface area contributed by atoms with Crippen molar-refractivity contribution in [3.63, 3.8) is 0 Å². The highest BCUT2D eigenvalue weighted by Crippen LogP contribution is 2.55. The molecule has 0 saturated carbocycles. The van der Waals surface area contributed by atoms with Crippen molar-refractivity contribution >= 4 is 7.60 Å². The summed E-state index contributed by atoms with van der Waals surface area (Å²) in [5.41, 5.74) is 0. The molecule has 74 valence electrons. The van der Waals surface area contributed by atoms with Crippen molar-refractivity contribution in [2.75, 3.05) is 13.2 Å². The molecule has 0 rings (SSSR count). The molecule has 0 fully saturated rings. The van der Waals surface area contributed by atoms with Crippen molar-refractivity contribution < 1.29 is 13.6 Å². The summed E-state index contributed by atoms with van der Waals surface area (Å²) < 4.78 is 21.8. The van der Waals surface area contributed by atoms with E-state index in [1.165, 1.54) is 6.08 Å². The Morgan fingerprint density at radius 2 is 1.92 bits per heavy atom. The van der Waals surface area contributed by atoms with Gasteiger partial charge in [0.05, 0.1) is 13.2 Å². The molecule has 13 heavy (non-hydrogen) atoms. The fourth-order valence-corrected chi connectivity index (χ4v) is 2.27. The maximum absolute atomic E-state index is 11.8. The first-order chi connectivity index (χ1) is 6.14. The molecule has 0 saturated heterocycles. The van der Waals surface area contributed by atoms with Crippen molar-refractivity contribution in [2.24, 2.45) is 0 Å². The lowest BCUT2D eigenvalue weighted by molar-refractivity contribution is 0.227. The van der Waals surface area contributed by atoms with Gasteiger partial charge in [-0.3, -0.25) is 4.57 Å². The molecule has 4 nitrogen and oxygen atoms in total. The summed E-state index contributed by atoms with van der Waals surface area (Å²) in [5.74, 6) is 0. The lowest BCUT2D eigenvalue weighted by atomic mass is 10.6. The summed E-state index contributed by atoms with van der Waals surface area (Å²) >= 11 is 0. The molecule has 0 spiro atoms. The molecule has 0 amide bonds. The van der Waals surface area contributed by atoms with E-state index in [0.29, 0.717) is 0 Å². The van der Waals surface area contributed by atoms with Crippen LogP contribution >= 0.6 is 7.60 Å². The van der Waals surface area contributed by atoms with Crippen LogP contribution in [0, 0.1) is 11.3 Å². The summed E-state index contributed by atoms with van der Waals surface area (Å²) in [6.07, 6.45) is 1.45. The van der Waals surface area contributed by atoms with E-state index in [1.54, 1.807) is 20.8 Å². The van der Waals surface area contributed by atoms with Crippen LogP contribution in [0.4, 0.5) is 0 Å². The fraction of sp³-hybridized carbons (Fsp3) is 0.625. The van der Waals surface area contributed by atoms with E-state index in [1.807, 2.05) is 6.07 Å². The van der Waals surface area contributed by atoms with Gasteiger partial charge in [0.15, 0.2) is 0 Å². The van der Waals surface area contributed by atoms with Gasteiger partial charge in [0.25, 0.3) is 0 Å². The number of nitrogens with zero attached hydrogens (tertiary/aromatic N) is 1. The Bertz CT molecular complexity index is 257. The lowest BCUT2D eigenvalue weighted by Crippen LogP contribution is -1.97. The SMILES string of the molecule is CC=C(C#N)P(=O)(OCC)OCC. The molecule has 5 heteroatoms. The van der Waals surface area contributed by atoms with Gasteiger partial charge in [-0.2, -0.15) is 5.26 Å². The highest BCUT2D eigenvalue weighted by Gasteiger charge is 2.28. The number of allylic oxidation sites excluding steroid dienone is 2. The lowest BCUT2D eigenvalue weighted by Gasteiger charge is -2.15. The molecule has 0 aliphatic carbocycles. The van der Waals surface area contributed by atoms with E-state index in [0.717, 1.165) is 0 Å². The van der Waals surface area contributed by atoms with Gasteiger partial charge in [-0.25, -0.2) is 0 Å². The first-order valence-electron chi connectivity index (χ1n) is 4.10. The quantitative estimate of drug-likeness (QED) is 0.509. The standard InChI is InChI=1S/C8H14NO3P/c1-4-8(7-9)13(10,11-5-2)12-6-3/h4H,5-6H2,1-3H3. The Hall–Kier alpha value is -0.620. The van der Waals surface area contributed by atoms with Crippen LogP contribution in [0.2, 0.25) is 0 Å². The summed E-state index contributed by atoms with van der Waals surface area (Å²) in [5, 5.41) is 8.73.